The maximum atomic E-state index is 5.62. The molecule has 2 rings (SSSR count). The van der Waals surface area contributed by atoms with E-state index in [-0.39, 0.29) is 5.60 Å². The van der Waals surface area contributed by atoms with Gasteiger partial charge in [-0.1, -0.05) is 12.8 Å². The van der Waals surface area contributed by atoms with Gasteiger partial charge in [-0.3, -0.25) is 0 Å². The minimum absolute atomic E-state index is 0.132. The summed E-state index contributed by atoms with van der Waals surface area (Å²) >= 11 is 0. The van der Waals surface area contributed by atoms with Crippen LogP contribution in [0.5, 0.6) is 0 Å². The molecule has 1 spiro atoms. The minimum atomic E-state index is 0.132. The molecule has 1 saturated carbocycles. The van der Waals surface area contributed by atoms with Crippen LogP contribution in [0.3, 0.4) is 0 Å². The van der Waals surface area contributed by atoms with Gasteiger partial charge in [0.25, 0.3) is 0 Å². The highest BCUT2D eigenvalue weighted by Crippen LogP contribution is 2.48. The number of hydrogen-bond acceptors (Lipinski definition) is 2. The first-order valence-electron chi connectivity index (χ1n) is 4.50. The predicted molar refractivity (Wildman–Crippen MR) is 42.5 cm³/mol. The fraction of sp³-hybridized carbons (Fsp3) is 1.00. The zero-order valence-electron chi connectivity index (χ0n) is 7.30. The summed E-state index contributed by atoms with van der Waals surface area (Å²) in [6.45, 7) is 2.15. The van der Waals surface area contributed by atoms with Gasteiger partial charge in [-0.05, 0) is 19.8 Å². The lowest BCUT2D eigenvalue weighted by Gasteiger charge is -2.27. The Hall–Kier alpha value is -0.0800. The number of rotatable bonds is 1. The number of hydrogen-bond donors (Lipinski definition) is 0. The number of epoxide rings is 1. The summed E-state index contributed by atoms with van der Waals surface area (Å²) in [5.74, 6) is 0. The molecule has 0 radical (unpaired) electrons. The fourth-order valence-electron chi connectivity index (χ4n) is 2.35. The molecule has 2 heteroatoms. The Labute approximate surface area is 67.9 Å². The summed E-state index contributed by atoms with van der Waals surface area (Å²) in [6.07, 6.45) is 5.80. The minimum Gasteiger partial charge on any atom is -0.378 e. The molecular weight excluding hydrogens is 140 g/mol. The van der Waals surface area contributed by atoms with Crippen molar-refractivity contribution in [1.29, 1.82) is 0 Å². The summed E-state index contributed by atoms with van der Waals surface area (Å²) in [5, 5.41) is 0. The Balaban J connectivity index is 2.05. The second-order valence-electron chi connectivity index (χ2n) is 3.69. The van der Waals surface area contributed by atoms with Crippen LogP contribution in [-0.2, 0) is 9.47 Å². The molecular formula is C9H16O2. The van der Waals surface area contributed by atoms with E-state index in [0.717, 1.165) is 0 Å². The monoisotopic (exact) mass is 156 g/mol. The molecule has 11 heavy (non-hydrogen) atoms. The molecule has 0 aromatic heterocycles. The topological polar surface area (TPSA) is 21.8 Å². The van der Waals surface area contributed by atoms with Gasteiger partial charge < -0.3 is 9.47 Å². The molecule has 1 unspecified atom stereocenters. The standard InChI is InChI=1S/C9H16O2/c1-7-9(11-7)6-4-3-5-8(9)10-2/h7-8H,3-6H2,1-2H3/t7?,8-,9+/m1/s1. The quantitative estimate of drug-likeness (QED) is 0.539. The van der Waals surface area contributed by atoms with E-state index in [1.54, 1.807) is 7.11 Å². The Kier molecular flexibility index (Phi) is 1.69. The molecule has 2 aliphatic rings. The average molecular weight is 156 g/mol. The fourth-order valence-corrected chi connectivity index (χ4v) is 2.35. The zero-order valence-corrected chi connectivity index (χ0v) is 7.30. The van der Waals surface area contributed by atoms with E-state index in [9.17, 15) is 0 Å². The second-order valence-corrected chi connectivity index (χ2v) is 3.69. The highest BCUT2D eigenvalue weighted by Gasteiger charge is 2.59. The van der Waals surface area contributed by atoms with E-state index < -0.39 is 0 Å². The molecule has 1 saturated heterocycles. The van der Waals surface area contributed by atoms with Gasteiger partial charge >= 0.3 is 0 Å². The van der Waals surface area contributed by atoms with Gasteiger partial charge in [0.05, 0.1) is 12.2 Å². The van der Waals surface area contributed by atoms with Gasteiger partial charge in [0.15, 0.2) is 0 Å². The van der Waals surface area contributed by atoms with E-state index in [4.69, 9.17) is 9.47 Å². The van der Waals surface area contributed by atoms with E-state index in [1.165, 1.54) is 25.7 Å². The Morgan fingerprint density at radius 2 is 2.18 bits per heavy atom. The van der Waals surface area contributed by atoms with Crippen molar-refractivity contribution < 1.29 is 9.47 Å². The molecule has 1 heterocycles. The molecule has 0 bridgehead atoms. The Morgan fingerprint density at radius 3 is 2.64 bits per heavy atom. The van der Waals surface area contributed by atoms with Gasteiger partial charge in [-0.15, -0.1) is 0 Å². The first-order valence-corrected chi connectivity index (χ1v) is 4.50. The van der Waals surface area contributed by atoms with Crippen LogP contribution in [0.1, 0.15) is 32.6 Å². The van der Waals surface area contributed by atoms with Crippen molar-refractivity contribution in [2.45, 2.75) is 50.4 Å². The van der Waals surface area contributed by atoms with Gasteiger partial charge in [-0.25, -0.2) is 0 Å². The van der Waals surface area contributed by atoms with Crippen molar-refractivity contribution in [1.82, 2.24) is 0 Å². The summed E-state index contributed by atoms with van der Waals surface area (Å²) in [4.78, 5) is 0. The van der Waals surface area contributed by atoms with E-state index in [1.807, 2.05) is 0 Å². The third-order valence-electron chi connectivity index (χ3n) is 3.14. The highest BCUT2D eigenvalue weighted by molar-refractivity contribution is 5.07. The van der Waals surface area contributed by atoms with Crippen molar-refractivity contribution >= 4 is 0 Å². The van der Waals surface area contributed by atoms with Crippen LogP contribution in [0.2, 0.25) is 0 Å². The van der Waals surface area contributed by atoms with Crippen molar-refractivity contribution in [2.24, 2.45) is 0 Å². The molecule has 0 aromatic carbocycles. The van der Waals surface area contributed by atoms with Gasteiger partial charge in [0.2, 0.25) is 0 Å². The van der Waals surface area contributed by atoms with Crippen LogP contribution in [0.15, 0.2) is 0 Å². The Morgan fingerprint density at radius 1 is 1.45 bits per heavy atom. The Bertz CT molecular complexity index is 158. The second kappa shape index (κ2) is 2.46. The first kappa shape index (κ1) is 7.56. The lowest BCUT2D eigenvalue weighted by atomic mass is 9.84. The smallest absolute Gasteiger partial charge is 0.120 e. The lowest BCUT2D eigenvalue weighted by Crippen LogP contribution is -2.36. The van der Waals surface area contributed by atoms with Crippen molar-refractivity contribution in [2.75, 3.05) is 7.11 Å². The van der Waals surface area contributed by atoms with Crippen molar-refractivity contribution in [3.05, 3.63) is 0 Å². The molecule has 0 aromatic rings. The third-order valence-corrected chi connectivity index (χ3v) is 3.14. The normalized spacial score (nSPS) is 49.6. The van der Waals surface area contributed by atoms with Crippen LogP contribution in [-0.4, -0.2) is 24.9 Å². The molecule has 1 aliphatic carbocycles. The molecule has 0 amide bonds. The molecule has 3 atom stereocenters. The van der Waals surface area contributed by atoms with Crippen molar-refractivity contribution in [3.63, 3.8) is 0 Å². The van der Waals surface area contributed by atoms with Gasteiger partial charge in [0.1, 0.15) is 5.60 Å². The van der Waals surface area contributed by atoms with Crippen LogP contribution < -0.4 is 0 Å². The molecule has 0 N–H and O–H groups in total. The first-order chi connectivity index (χ1) is 5.29. The third kappa shape index (κ3) is 1.00. The largest absolute Gasteiger partial charge is 0.378 e. The summed E-state index contributed by atoms with van der Waals surface area (Å²) in [5.41, 5.74) is 0.132. The predicted octanol–water partition coefficient (Wildman–Crippen LogP) is 1.73. The SMILES string of the molecule is CO[C@@H]1CCCC[C@@]12OC2C. The lowest BCUT2D eigenvalue weighted by molar-refractivity contribution is 0.00292. The molecule has 64 valence electrons. The van der Waals surface area contributed by atoms with E-state index in [0.29, 0.717) is 12.2 Å². The highest BCUT2D eigenvalue weighted by atomic mass is 16.6. The van der Waals surface area contributed by atoms with E-state index in [2.05, 4.69) is 6.92 Å². The molecule has 2 fully saturated rings. The summed E-state index contributed by atoms with van der Waals surface area (Å²) in [6, 6.07) is 0. The maximum absolute atomic E-state index is 5.62. The van der Waals surface area contributed by atoms with Crippen LogP contribution in [0.4, 0.5) is 0 Å². The summed E-state index contributed by atoms with van der Waals surface area (Å²) < 4.78 is 11.0. The summed E-state index contributed by atoms with van der Waals surface area (Å²) in [7, 11) is 1.80. The maximum Gasteiger partial charge on any atom is 0.120 e. The van der Waals surface area contributed by atoms with Gasteiger partial charge in [0, 0.05) is 7.11 Å². The van der Waals surface area contributed by atoms with Crippen molar-refractivity contribution in [3.8, 4) is 0 Å². The van der Waals surface area contributed by atoms with Crippen LogP contribution in [0.25, 0.3) is 0 Å². The van der Waals surface area contributed by atoms with Crippen LogP contribution in [0, 0.1) is 0 Å². The number of methoxy groups -OCH3 is 1. The zero-order chi connectivity index (χ0) is 7.90. The van der Waals surface area contributed by atoms with E-state index >= 15 is 0 Å². The molecule has 1 aliphatic heterocycles. The van der Waals surface area contributed by atoms with Gasteiger partial charge in [-0.2, -0.15) is 0 Å². The number of ether oxygens (including phenoxy) is 2. The average Bonchev–Trinajstić information content (AvgIpc) is 2.63. The van der Waals surface area contributed by atoms with Crippen LogP contribution >= 0.6 is 0 Å². The molecule has 2 nitrogen and oxygen atoms in total.